The summed E-state index contributed by atoms with van der Waals surface area (Å²) in [6.07, 6.45) is 1.80. The van der Waals surface area contributed by atoms with E-state index in [-0.39, 0.29) is 5.91 Å². The zero-order valence-electron chi connectivity index (χ0n) is 11.0. The molecule has 0 spiro atoms. The summed E-state index contributed by atoms with van der Waals surface area (Å²) in [5.41, 5.74) is 0. The fraction of sp³-hybridized carbons (Fsp3) is 0.583. The predicted molar refractivity (Wildman–Crippen MR) is 73.1 cm³/mol. The second kappa shape index (κ2) is 6.72. The van der Waals surface area contributed by atoms with Crippen molar-refractivity contribution in [2.45, 2.75) is 18.6 Å². The monoisotopic (exact) mass is 282 g/mol. The highest BCUT2D eigenvalue weighted by atomic mass is 32.2. The van der Waals surface area contributed by atoms with Crippen LogP contribution < -0.4 is 0 Å². The lowest BCUT2D eigenvalue weighted by atomic mass is 10.4. The van der Waals surface area contributed by atoms with E-state index in [0.717, 1.165) is 11.0 Å². The van der Waals surface area contributed by atoms with Gasteiger partial charge >= 0.3 is 0 Å². The van der Waals surface area contributed by atoms with Crippen LogP contribution in [0.25, 0.3) is 0 Å². The van der Waals surface area contributed by atoms with Crippen molar-refractivity contribution in [3.8, 4) is 0 Å². The number of hydrogen-bond acceptors (Lipinski definition) is 5. The van der Waals surface area contributed by atoms with Crippen molar-refractivity contribution in [2.24, 2.45) is 0 Å². The molecule has 0 atom stereocenters. The third-order valence-corrected chi connectivity index (χ3v) is 3.85. The third kappa shape index (κ3) is 3.57. The molecule has 1 fully saturated rings. The van der Waals surface area contributed by atoms with Crippen molar-refractivity contribution >= 4 is 17.7 Å². The average molecular weight is 282 g/mol. The molecule has 104 valence electrons. The molecule has 1 aliphatic heterocycles. The maximum Gasteiger partial charge on any atom is 0.233 e. The molecule has 2 heterocycles. The highest BCUT2D eigenvalue weighted by Crippen LogP contribution is 2.17. The average Bonchev–Trinajstić information content (AvgIpc) is 2.79. The van der Waals surface area contributed by atoms with E-state index in [4.69, 9.17) is 4.74 Å². The van der Waals surface area contributed by atoms with Crippen LogP contribution in [-0.2, 0) is 16.1 Å². The lowest BCUT2D eigenvalue weighted by Gasteiger charge is -2.26. The minimum Gasteiger partial charge on any atom is -0.378 e. The summed E-state index contributed by atoms with van der Waals surface area (Å²) in [6.45, 7) is 8.88. The topological polar surface area (TPSA) is 60.2 Å². The number of nitrogens with zero attached hydrogens (tertiary/aromatic N) is 4. The Morgan fingerprint density at radius 2 is 2.21 bits per heavy atom. The molecule has 6 nitrogen and oxygen atoms in total. The lowest BCUT2D eigenvalue weighted by Crippen LogP contribution is -2.41. The molecule has 1 amide bonds. The zero-order valence-corrected chi connectivity index (χ0v) is 11.9. The normalized spacial score (nSPS) is 15.5. The molecule has 1 aliphatic rings. The molecule has 1 aromatic rings. The van der Waals surface area contributed by atoms with E-state index in [2.05, 4.69) is 16.8 Å². The first kappa shape index (κ1) is 14.1. The summed E-state index contributed by atoms with van der Waals surface area (Å²) < 4.78 is 7.18. The Balaban J connectivity index is 1.90. The molecule has 0 aliphatic carbocycles. The lowest BCUT2D eigenvalue weighted by molar-refractivity contribution is -0.132. The smallest absolute Gasteiger partial charge is 0.233 e. The number of ether oxygens (including phenoxy) is 1. The summed E-state index contributed by atoms with van der Waals surface area (Å²) >= 11 is 1.42. The highest BCUT2D eigenvalue weighted by Gasteiger charge is 2.18. The highest BCUT2D eigenvalue weighted by molar-refractivity contribution is 7.99. The first-order chi connectivity index (χ1) is 9.22. The Morgan fingerprint density at radius 1 is 1.47 bits per heavy atom. The van der Waals surface area contributed by atoms with Crippen molar-refractivity contribution in [1.82, 2.24) is 19.7 Å². The molecule has 0 bridgehead atoms. The minimum absolute atomic E-state index is 0.124. The van der Waals surface area contributed by atoms with Gasteiger partial charge in [-0.15, -0.1) is 16.8 Å². The van der Waals surface area contributed by atoms with Gasteiger partial charge in [0, 0.05) is 19.6 Å². The van der Waals surface area contributed by atoms with Gasteiger partial charge in [0.05, 0.1) is 19.0 Å². The summed E-state index contributed by atoms with van der Waals surface area (Å²) in [5.74, 6) is 1.34. The predicted octanol–water partition coefficient (Wildman–Crippen LogP) is 0.723. The molecule has 1 aromatic heterocycles. The third-order valence-electron chi connectivity index (χ3n) is 2.90. The van der Waals surface area contributed by atoms with E-state index < -0.39 is 0 Å². The Kier molecular flexibility index (Phi) is 4.98. The first-order valence-corrected chi connectivity index (χ1v) is 7.20. The number of hydrogen-bond donors (Lipinski definition) is 0. The number of carbonyl (C=O) groups excluding carboxylic acids is 1. The Morgan fingerprint density at radius 3 is 2.89 bits per heavy atom. The van der Waals surface area contributed by atoms with Crippen LogP contribution in [0.1, 0.15) is 5.82 Å². The van der Waals surface area contributed by atoms with Crippen LogP contribution in [0.2, 0.25) is 0 Å². The van der Waals surface area contributed by atoms with Gasteiger partial charge < -0.3 is 14.2 Å². The second-order valence-electron chi connectivity index (χ2n) is 4.21. The zero-order chi connectivity index (χ0) is 13.7. The molecular weight excluding hydrogens is 264 g/mol. The molecule has 0 aromatic carbocycles. The SMILES string of the molecule is C=CCn1c(C)nnc1SCC(=O)N1CCOCC1. The van der Waals surface area contributed by atoms with Gasteiger partial charge in [-0.3, -0.25) is 4.79 Å². The van der Waals surface area contributed by atoms with Crippen LogP contribution in [0.5, 0.6) is 0 Å². The van der Waals surface area contributed by atoms with Crippen LogP contribution in [-0.4, -0.2) is 57.6 Å². The van der Waals surface area contributed by atoms with Crippen LogP contribution in [0, 0.1) is 6.92 Å². The summed E-state index contributed by atoms with van der Waals surface area (Å²) in [5, 5.41) is 8.87. The minimum atomic E-state index is 0.124. The van der Waals surface area contributed by atoms with Crippen molar-refractivity contribution < 1.29 is 9.53 Å². The van der Waals surface area contributed by atoms with E-state index in [0.29, 0.717) is 38.6 Å². The van der Waals surface area contributed by atoms with Gasteiger partial charge in [-0.25, -0.2) is 0 Å². The largest absolute Gasteiger partial charge is 0.378 e. The van der Waals surface area contributed by atoms with E-state index in [9.17, 15) is 4.79 Å². The molecule has 0 unspecified atom stereocenters. The summed E-state index contributed by atoms with van der Waals surface area (Å²) in [6, 6.07) is 0. The fourth-order valence-corrected chi connectivity index (χ4v) is 2.73. The number of allylic oxidation sites excluding steroid dienone is 1. The Bertz CT molecular complexity index is 455. The van der Waals surface area contributed by atoms with Gasteiger partial charge in [0.2, 0.25) is 5.91 Å². The molecule has 0 saturated carbocycles. The van der Waals surface area contributed by atoms with Crippen molar-refractivity contribution in [1.29, 1.82) is 0 Å². The number of aromatic nitrogens is 3. The maximum atomic E-state index is 12.0. The van der Waals surface area contributed by atoms with Crippen molar-refractivity contribution in [2.75, 3.05) is 32.1 Å². The fourth-order valence-electron chi connectivity index (χ4n) is 1.84. The molecule has 19 heavy (non-hydrogen) atoms. The quantitative estimate of drug-likeness (QED) is 0.588. The first-order valence-electron chi connectivity index (χ1n) is 6.21. The van der Waals surface area contributed by atoms with E-state index in [1.807, 2.05) is 16.4 Å². The van der Waals surface area contributed by atoms with Crippen LogP contribution in [0.3, 0.4) is 0 Å². The number of thioether (sulfide) groups is 1. The van der Waals surface area contributed by atoms with Gasteiger partial charge in [-0.05, 0) is 6.92 Å². The van der Waals surface area contributed by atoms with Gasteiger partial charge in [-0.1, -0.05) is 17.8 Å². The van der Waals surface area contributed by atoms with E-state index in [1.165, 1.54) is 11.8 Å². The number of rotatable bonds is 5. The van der Waals surface area contributed by atoms with Gasteiger partial charge in [-0.2, -0.15) is 0 Å². The standard InChI is InChI=1S/C12H18N4O2S/c1-3-4-16-10(2)13-14-12(16)19-9-11(17)15-5-7-18-8-6-15/h3H,1,4-9H2,2H3. The molecule has 0 radical (unpaired) electrons. The van der Waals surface area contributed by atoms with Gasteiger partial charge in [0.25, 0.3) is 0 Å². The summed E-state index contributed by atoms with van der Waals surface area (Å²) in [4.78, 5) is 13.9. The second-order valence-corrected chi connectivity index (χ2v) is 5.15. The molecular formula is C12H18N4O2S. The number of carbonyl (C=O) groups is 1. The van der Waals surface area contributed by atoms with Gasteiger partial charge in [0.15, 0.2) is 5.16 Å². The van der Waals surface area contributed by atoms with Crippen LogP contribution in [0.15, 0.2) is 17.8 Å². The molecule has 7 heteroatoms. The number of amides is 1. The van der Waals surface area contributed by atoms with E-state index in [1.54, 1.807) is 6.08 Å². The van der Waals surface area contributed by atoms with Gasteiger partial charge in [0.1, 0.15) is 5.82 Å². The molecule has 1 saturated heterocycles. The van der Waals surface area contributed by atoms with Crippen LogP contribution >= 0.6 is 11.8 Å². The number of morpholine rings is 1. The van der Waals surface area contributed by atoms with Crippen molar-refractivity contribution in [3.63, 3.8) is 0 Å². The van der Waals surface area contributed by atoms with E-state index >= 15 is 0 Å². The van der Waals surface area contributed by atoms with Crippen molar-refractivity contribution in [3.05, 3.63) is 18.5 Å². The number of aryl methyl sites for hydroxylation is 1. The molecule has 0 N–H and O–H groups in total. The molecule has 2 rings (SSSR count). The Labute approximate surface area is 116 Å². The Hall–Kier alpha value is -1.34. The van der Waals surface area contributed by atoms with Crippen LogP contribution in [0.4, 0.5) is 0 Å². The summed E-state index contributed by atoms with van der Waals surface area (Å²) in [7, 11) is 0. The maximum absolute atomic E-state index is 12.0.